The molecule has 0 bridgehead atoms. The zero-order valence-electron chi connectivity index (χ0n) is 9.18. The largest absolute Gasteiger partial charge is 0.319 e. The highest BCUT2D eigenvalue weighted by molar-refractivity contribution is 7.99. The molecule has 2 aromatic rings. The lowest BCUT2D eigenvalue weighted by molar-refractivity contribution is 0.100. The number of rotatable bonds is 3. The Kier molecular flexibility index (Phi) is 3.10. The standard InChI is InChI=1S/C12H12N2OS/c1-9(15)11-8-13-12(14(11)2)16-10-6-4-3-5-7-10/h3-8H,1-2H3. The maximum absolute atomic E-state index is 11.3. The van der Waals surface area contributed by atoms with Crippen LogP contribution in [0.15, 0.2) is 46.6 Å². The lowest BCUT2D eigenvalue weighted by Gasteiger charge is -2.03. The lowest BCUT2D eigenvalue weighted by Crippen LogP contribution is -2.02. The van der Waals surface area contributed by atoms with Gasteiger partial charge >= 0.3 is 0 Å². The van der Waals surface area contributed by atoms with Crippen LogP contribution in [0.2, 0.25) is 0 Å². The maximum Gasteiger partial charge on any atom is 0.177 e. The molecule has 1 aromatic heterocycles. The number of aromatic nitrogens is 2. The first-order valence-corrected chi connectivity index (χ1v) is 5.75. The summed E-state index contributed by atoms with van der Waals surface area (Å²) in [6, 6.07) is 9.98. The first-order valence-electron chi connectivity index (χ1n) is 4.94. The van der Waals surface area contributed by atoms with Crippen LogP contribution in [0, 0.1) is 0 Å². The third-order valence-corrected chi connectivity index (χ3v) is 3.33. The Balaban J connectivity index is 2.26. The van der Waals surface area contributed by atoms with Crippen LogP contribution in [0.3, 0.4) is 0 Å². The van der Waals surface area contributed by atoms with Gasteiger partial charge in [-0.1, -0.05) is 30.0 Å². The fraction of sp³-hybridized carbons (Fsp3) is 0.167. The van der Waals surface area contributed by atoms with Gasteiger partial charge in [0.2, 0.25) is 0 Å². The maximum atomic E-state index is 11.3. The number of ketones is 1. The van der Waals surface area contributed by atoms with Crippen molar-refractivity contribution < 1.29 is 4.79 Å². The van der Waals surface area contributed by atoms with Gasteiger partial charge in [-0.3, -0.25) is 4.79 Å². The summed E-state index contributed by atoms with van der Waals surface area (Å²) in [5, 5.41) is 0.830. The Morgan fingerprint density at radius 2 is 2.00 bits per heavy atom. The van der Waals surface area contributed by atoms with Crippen LogP contribution in [0.4, 0.5) is 0 Å². The van der Waals surface area contributed by atoms with E-state index in [1.807, 2.05) is 41.9 Å². The lowest BCUT2D eigenvalue weighted by atomic mass is 10.3. The van der Waals surface area contributed by atoms with Crippen molar-refractivity contribution in [2.24, 2.45) is 7.05 Å². The first-order chi connectivity index (χ1) is 7.68. The molecule has 0 aliphatic rings. The third kappa shape index (κ3) is 2.17. The van der Waals surface area contributed by atoms with Gasteiger partial charge in [0.15, 0.2) is 10.9 Å². The van der Waals surface area contributed by atoms with Gasteiger partial charge < -0.3 is 4.57 Å². The van der Waals surface area contributed by atoms with Gasteiger partial charge in [0.05, 0.1) is 6.20 Å². The van der Waals surface area contributed by atoms with Gasteiger partial charge in [-0.2, -0.15) is 0 Å². The molecule has 4 heteroatoms. The molecule has 82 valence electrons. The van der Waals surface area contributed by atoms with Gasteiger partial charge in [0, 0.05) is 18.9 Å². The van der Waals surface area contributed by atoms with Crippen LogP contribution < -0.4 is 0 Å². The van der Waals surface area contributed by atoms with Crippen LogP contribution in [0.1, 0.15) is 17.4 Å². The Labute approximate surface area is 98.5 Å². The van der Waals surface area contributed by atoms with E-state index >= 15 is 0 Å². The van der Waals surface area contributed by atoms with Crippen molar-refractivity contribution in [2.45, 2.75) is 17.0 Å². The number of carbonyl (C=O) groups is 1. The minimum atomic E-state index is 0.0370. The fourth-order valence-electron chi connectivity index (χ4n) is 1.41. The number of imidazole rings is 1. The first kappa shape index (κ1) is 11.0. The molecule has 0 N–H and O–H groups in total. The van der Waals surface area contributed by atoms with Crippen molar-refractivity contribution in [3.05, 3.63) is 42.2 Å². The van der Waals surface area contributed by atoms with Gasteiger partial charge in [-0.05, 0) is 12.1 Å². The van der Waals surface area contributed by atoms with E-state index in [9.17, 15) is 4.79 Å². The van der Waals surface area contributed by atoms with E-state index in [2.05, 4.69) is 4.98 Å². The number of benzene rings is 1. The molecule has 0 atom stereocenters. The average molecular weight is 232 g/mol. The topological polar surface area (TPSA) is 34.9 Å². The molecule has 0 spiro atoms. The molecule has 1 heterocycles. The zero-order valence-corrected chi connectivity index (χ0v) is 9.99. The van der Waals surface area contributed by atoms with E-state index < -0.39 is 0 Å². The van der Waals surface area contributed by atoms with E-state index in [1.54, 1.807) is 24.9 Å². The summed E-state index contributed by atoms with van der Waals surface area (Å²) in [6.07, 6.45) is 1.62. The number of nitrogens with zero attached hydrogens (tertiary/aromatic N) is 2. The molecule has 0 unspecified atom stereocenters. The molecule has 0 saturated carbocycles. The minimum Gasteiger partial charge on any atom is -0.319 e. The summed E-state index contributed by atoms with van der Waals surface area (Å²) in [7, 11) is 1.86. The smallest absolute Gasteiger partial charge is 0.177 e. The monoisotopic (exact) mass is 232 g/mol. The molecule has 0 fully saturated rings. The van der Waals surface area contributed by atoms with Gasteiger partial charge in [0.25, 0.3) is 0 Å². The minimum absolute atomic E-state index is 0.0370. The van der Waals surface area contributed by atoms with Crippen molar-refractivity contribution in [2.75, 3.05) is 0 Å². The molecule has 0 aliphatic heterocycles. The zero-order chi connectivity index (χ0) is 11.5. The fourth-order valence-corrected chi connectivity index (χ4v) is 2.25. The highest BCUT2D eigenvalue weighted by atomic mass is 32.2. The molecule has 0 saturated heterocycles. The summed E-state index contributed by atoms with van der Waals surface area (Å²) in [6.45, 7) is 1.55. The van der Waals surface area contributed by atoms with E-state index in [1.165, 1.54) is 0 Å². The van der Waals surface area contributed by atoms with E-state index in [0.29, 0.717) is 5.69 Å². The second kappa shape index (κ2) is 4.53. The SMILES string of the molecule is CC(=O)c1cnc(Sc2ccccc2)n1C. The average Bonchev–Trinajstić information content (AvgIpc) is 2.62. The highest BCUT2D eigenvalue weighted by Gasteiger charge is 2.10. The molecule has 16 heavy (non-hydrogen) atoms. The molecular weight excluding hydrogens is 220 g/mol. The number of hydrogen-bond donors (Lipinski definition) is 0. The van der Waals surface area contributed by atoms with Crippen LogP contribution in [-0.4, -0.2) is 15.3 Å². The van der Waals surface area contributed by atoms with Gasteiger partial charge in [-0.25, -0.2) is 4.98 Å². The van der Waals surface area contributed by atoms with Crippen molar-refractivity contribution in [3.8, 4) is 0 Å². The van der Waals surface area contributed by atoms with Gasteiger partial charge in [-0.15, -0.1) is 0 Å². The summed E-state index contributed by atoms with van der Waals surface area (Å²) in [5.41, 5.74) is 0.637. The molecular formula is C12H12N2OS. The van der Waals surface area contributed by atoms with Crippen molar-refractivity contribution in [1.29, 1.82) is 0 Å². The van der Waals surface area contributed by atoms with Crippen molar-refractivity contribution in [1.82, 2.24) is 9.55 Å². The predicted molar refractivity (Wildman–Crippen MR) is 63.8 cm³/mol. The third-order valence-electron chi connectivity index (χ3n) is 2.26. The van der Waals surface area contributed by atoms with Crippen LogP contribution >= 0.6 is 11.8 Å². The molecule has 0 aliphatic carbocycles. The quantitative estimate of drug-likeness (QED) is 0.763. The van der Waals surface area contributed by atoms with Gasteiger partial charge in [0.1, 0.15) is 5.69 Å². The van der Waals surface area contributed by atoms with Crippen LogP contribution in [-0.2, 0) is 7.05 Å². The predicted octanol–water partition coefficient (Wildman–Crippen LogP) is 2.77. The summed E-state index contributed by atoms with van der Waals surface area (Å²) < 4.78 is 1.82. The summed E-state index contributed by atoms with van der Waals surface area (Å²) in [4.78, 5) is 16.6. The molecule has 1 aromatic carbocycles. The van der Waals surface area contributed by atoms with Crippen LogP contribution in [0.5, 0.6) is 0 Å². The number of Topliss-reactive ketones (excluding diaryl/α,β-unsaturated/α-hetero) is 1. The van der Waals surface area contributed by atoms with Crippen molar-refractivity contribution >= 4 is 17.5 Å². The second-order valence-corrected chi connectivity index (χ2v) is 4.50. The summed E-state index contributed by atoms with van der Waals surface area (Å²) >= 11 is 1.55. The highest BCUT2D eigenvalue weighted by Crippen LogP contribution is 2.26. The van der Waals surface area contributed by atoms with E-state index in [0.717, 1.165) is 10.1 Å². The molecule has 0 radical (unpaired) electrons. The molecule has 3 nitrogen and oxygen atoms in total. The summed E-state index contributed by atoms with van der Waals surface area (Å²) in [5.74, 6) is 0.0370. The van der Waals surface area contributed by atoms with Crippen LogP contribution in [0.25, 0.3) is 0 Å². The Bertz CT molecular complexity index is 505. The Morgan fingerprint density at radius 1 is 1.31 bits per heavy atom. The van der Waals surface area contributed by atoms with E-state index in [-0.39, 0.29) is 5.78 Å². The number of hydrogen-bond acceptors (Lipinski definition) is 3. The Morgan fingerprint density at radius 3 is 2.56 bits per heavy atom. The number of carbonyl (C=O) groups excluding carboxylic acids is 1. The second-order valence-electron chi connectivity index (χ2n) is 3.46. The Hall–Kier alpha value is -1.55. The molecule has 2 rings (SSSR count). The van der Waals surface area contributed by atoms with Crippen molar-refractivity contribution in [3.63, 3.8) is 0 Å². The normalized spacial score (nSPS) is 10.4. The molecule has 0 amide bonds. The van der Waals surface area contributed by atoms with E-state index in [4.69, 9.17) is 0 Å².